The molecular weight excluding hydrogens is 366 g/mol. The van der Waals surface area contributed by atoms with Crippen molar-refractivity contribution in [1.82, 2.24) is 14.7 Å². The van der Waals surface area contributed by atoms with Crippen LogP contribution in [0.4, 0.5) is 0 Å². The Morgan fingerprint density at radius 2 is 1.82 bits per heavy atom. The van der Waals surface area contributed by atoms with Gasteiger partial charge in [0.1, 0.15) is 0 Å². The molecular formula is C23H27N3OS. The Morgan fingerprint density at radius 1 is 1.04 bits per heavy atom. The molecule has 4 rings (SSSR count). The molecule has 0 unspecified atom stereocenters. The zero-order chi connectivity index (χ0) is 19.3. The molecule has 3 aromatic rings. The Balaban J connectivity index is 1.29. The van der Waals surface area contributed by atoms with Gasteiger partial charge in [-0.15, -0.1) is 0 Å². The lowest BCUT2D eigenvalue weighted by Crippen LogP contribution is -2.50. The van der Waals surface area contributed by atoms with Gasteiger partial charge in [0.2, 0.25) is 5.91 Å². The van der Waals surface area contributed by atoms with E-state index >= 15 is 0 Å². The van der Waals surface area contributed by atoms with E-state index in [9.17, 15) is 4.79 Å². The smallest absolute Gasteiger partial charge is 0.236 e. The van der Waals surface area contributed by atoms with Crippen LogP contribution < -0.4 is 0 Å². The minimum Gasteiger partial charge on any atom is -0.339 e. The van der Waals surface area contributed by atoms with Crippen molar-refractivity contribution < 1.29 is 4.79 Å². The number of carbonyl (C=O) groups excluding carboxylic acids is 1. The van der Waals surface area contributed by atoms with E-state index in [-0.39, 0.29) is 5.91 Å². The average molecular weight is 394 g/mol. The Morgan fingerprint density at radius 3 is 2.61 bits per heavy atom. The van der Waals surface area contributed by atoms with Crippen molar-refractivity contribution in [3.63, 3.8) is 0 Å². The Hall–Kier alpha value is -2.21. The second kappa shape index (κ2) is 8.86. The molecule has 1 aromatic heterocycles. The highest BCUT2D eigenvalue weighted by Crippen LogP contribution is 2.20. The van der Waals surface area contributed by atoms with E-state index in [2.05, 4.69) is 69.1 Å². The molecule has 0 N–H and O–H groups in total. The molecule has 5 heteroatoms. The number of likely N-dealkylation sites (N-methyl/N-ethyl adjacent to an activating group) is 1. The summed E-state index contributed by atoms with van der Waals surface area (Å²) in [7, 11) is 2.02. The number of nitrogens with zero attached hydrogens (tertiary/aromatic N) is 3. The molecule has 146 valence electrons. The number of amides is 1. The van der Waals surface area contributed by atoms with E-state index < -0.39 is 0 Å². The molecule has 28 heavy (non-hydrogen) atoms. The van der Waals surface area contributed by atoms with Crippen molar-refractivity contribution in [2.75, 3.05) is 39.8 Å². The summed E-state index contributed by atoms with van der Waals surface area (Å²) < 4.78 is 0. The normalized spacial score (nSPS) is 15.4. The fraction of sp³-hybridized carbons (Fsp3) is 0.348. The van der Waals surface area contributed by atoms with Crippen LogP contribution in [-0.4, -0.2) is 60.4 Å². The fourth-order valence-electron chi connectivity index (χ4n) is 3.91. The number of hydrogen-bond donors (Lipinski definition) is 0. The van der Waals surface area contributed by atoms with E-state index in [0.717, 1.165) is 39.3 Å². The third-order valence-electron chi connectivity index (χ3n) is 5.44. The highest BCUT2D eigenvalue weighted by molar-refractivity contribution is 7.07. The molecule has 4 nitrogen and oxygen atoms in total. The van der Waals surface area contributed by atoms with Gasteiger partial charge in [-0.2, -0.15) is 11.3 Å². The molecule has 0 saturated carbocycles. The zero-order valence-electron chi connectivity index (χ0n) is 16.4. The number of carbonyl (C=O) groups is 1. The minimum absolute atomic E-state index is 0.238. The minimum atomic E-state index is 0.238. The van der Waals surface area contributed by atoms with Gasteiger partial charge in [-0.05, 0) is 45.8 Å². The van der Waals surface area contributed by atoms with Gasteiger partial charge in [-0.1, -0.05) is 42.5 Å². The Bertz CT molecular complexity index is 911. The number of piperazine rings is 1. The molecule has 0 atom stereocenters. The monoisotopic (exact) mass is 393 g/mol. The lowest BCUT2D eigenvalue weighted by Gasteiger charge is -2.35. The summed E-state index contributed by atoms with van der Waals surface area (Å²) >= 11 is 1.70. The molecule has 1 aliphatic heterocycles. The number of rotatable bonds is 6. The number of benzene rings is 2. The lowest BCUT2D eigenvalue weighted by molar-refractivity contribution is -0.134. The molecule has 0 spiro atoms. The van der Waals surface area contributed by atoms with Crippen LogP contribution in [-0.2, 0) is 17.9 Å². The standard InChI is InChI=1S/C23H27N3OS/c1-24(15-19-9-14-28-18-19)17-23(27)26-12-10-25(11-13-26)16-21-7-4-6-20-5-2-3-8-22(20)21/h2-9,14,18H,10-13,15-17H2,1H3. The maximum Gasteiger partial charge on any atom is 0.236 e. The highest BCUT2D eigenvalue weighted by Gasteiger charge is 2.22. The van der Waals surface area contributed by atoms with Crippen LogP contribution in [0, 0.1) is 0 Å². The summed E-state index contributed by atoms with van der Waals surface area (Å²) in [6.07, 6.45) is 0. The summed E-state index contributed by atoms with van der Waals surface area (Å²) in [6, 6.07) is 17.2. The summed E-state index contributed by atoms with van der Waals surface area (Å²) in [4.78, 5) is 19.2. The largest absolute Gasteiger partial charge is 0.339 e. The molecule has 1 amide bonds. The van der Waals surface area contributed by atoms with Gasteiger partial charge < -0.3 is 4.90 Å². The van der Waals surface area contributed by atoms with Gasteiger partial charge in [0, 0.05) is 39.3 Å². The van der Waals surface area contributed by atoms with Crippen molar-refractivity contribution in [2.45, 2.75) is 13.1 Å². The molecule has 0 radical (unpaired) electrons. The molecule has 0 aliphatic carbocycles. The van der Waals surface area contributed by atoms with E-state index in [4.69, 9.17) is 0 Å². The number of thiophene rings is 1. The van der Waals surface area contributed by atoms with Gasteiger partial charge in [-0.25, -0.2) is 0 Å². The predicted octanol–water partition coefficient (Wildman–Crippen LogP) is 3.68. The van der Waals surface area contributed by atoms with E-state index in [1.807, 2.05) is 11.9 Å². The summed E-state index contributed by atoms with van der Waals surface area (Å²) in [5, 5.41) is 6.86. The second-order valence-corrected chi connectivity index (χ2v) is 8.38. The third kappa shape index (κ3) is 4.61. The van der Waals surface area contributed by atoms with Crippen LogP contribution in [0.2, 0.25) is 0 Å². The highest BCUT2D eigenvalue weighted by atomic mass is 32.1. The van der Waals surface area contributed by atoms with Crippen LogP contribution in [0.25, 0.3) is 10.8 Å². The predicted molar refractivity (Wildman–Crippen MR) is 116 cm³/mol. The third-order valence-corrected chi connectivity index (χ3v) is 6.17. The van der Waals surface area contributed by atoms with Crippen molar-refractivity contribution in [3.05, 3.63) is 70.4 Å². The van der Waals surface area contributed by atoms with E-state index in [1.165, 1.54) is 21.9 Å². The topological polar surface area (TPSA) is 26.8 Å². The van der Waals surface area contributed by atoms with E-state index in [0.29, 0.717) is 6.54 Å². The van der Waals surface area contributed by atoms with Crippen LogP contribution in [0.5, 0.6) is 0 Å². The molecule has 1 aliphatic rings. The van der Waals surface area contributed by atoms with E-state index in [1.54, 1.807) is 11.3 Å². The van der Waals surface area contributed by atoms with Gasteiger partial charge in [0.25, 0.3) is 0 Å². The maximum absolute atomic E-state index is 12.6. The average Bonchev–Trinajstić information content (AvgIpc) is 3.21. The first-order valence-corrected chi connectivity index (χ1v) is 10.8. The Kier molecular flexibility index (Phi) is 6.05. The van der Waals surface area contributed by atoms with Crippen LogP contribution in [0.3, 0.4) is 0 Å². The molecule has 0 bridgehead atoms. The quantitative estimate of drug-likeness (QED) is 0.639. The summed E-state index contributed by atoms with van der Waals surface area (Å²) in [5.74, 6) is 0.238. The number of fused-ring (bicyclic) bond motifs is 1. The molecule has 2 aromatic carbocycles. The SMILES string of the molecule is CN(CC(=O)N1CCN(Cc2cccc3ccccc23)CC1)Cc1ccsc1. The van der Waals surface area contributed by atoms with Gasteiger partial charge in [0.15, 0.2) is 0 Å². The van der Waals surface area contributed by atoms with Gasteiger partial charge in [-0.3, -0.25) is 14.6 Å². The first-order chi connectivity index (χ1) is 13.7. The summed E-state index contributed by atoms with van der Waals surface area (Å²) in [6.45, 7) is 5.76. The first kappa shape index (κ1) is 19.1. The molecule has 2 heterocycles. The Labute approximate surface area is 171 Å². The molecule has 1 fully saturated rings. The fourth-order valence-corrected chi connectivity index (χ4v) is 4.57. The molecule has 1 saturated heterocycles. The van der Waals surface area contributed by atoms with Crippen LogP contribution >= 0.6 is 11.3 Å². The van der Waals surface area contributed by atoms with Gasteiger partial charge in [0.05, 0.1) is 6.54 Å². The van der Waals surface area contributed by atoms with Crippen molar-refractivity contribution in [1.29, 1.82) is 0 Å². The van der Waals surface area contributed by atoms with Crippen molar-refractivity contribution in [2.24, 2.45) is 0 Å². The first-order valence-electron chi connectivity index (χ1n) is 9.85. The van der Waals surface area contributed by atoms with Gasteiger partial charge >= 0.3 is 0 Å². The number of hydrogen-bond acceptors (Lipinski definition) is 4. The van der Waals surface area contributed by atoms with Crippen LogP contribution in [0.1, 0.15) is 11.1 Å². The van der Waals surface area contributed by atoms with Crippen LogP contribution in [0.15, 0.2) is 59.3 Å². The van der Waals surface area contributed by atoms with Crippen molar-refractivity contribution in [3.8, 4) is 0 Å². The second-order valence-electron chi connectivity index (χ2n) is 7.60. The maximum atomic E-state index is 12.6. The van der Waals surface area contributed by atoms with Crippen molar-refractivity contribution >= 4 is 28.0 Å². The summed E-state index contributed by atoms with van der Waals surface area (Å²) in [5.41, 5.74) is 2.65. The lowest BCUT2D eigenvalue weighted by atomic mass is 10.0. The zero-order valence-corrected chi connectivity index (χ0v) is 17.2.